The normalized spacial score (nSPS) is 17.2. The maximum Gasteiger partial charge on any atom is 0.337 e. The first kappa shape index (κ1) is 19.0. The minimum absolute atomic E-state index is 0.0779. The first-order valence-corrected chi connectivity index (χ1v) is 9.21. The van der Waals surface area contributed by atoms with Crippen LogP contribution >= 0.6 is 11.8 Å². The number of ether oxygens (including phenoxy) is 1. The van der Waals surface area contributed by atoms with Gasteiger partial charge in [-0.3, -0.25) is 9.69 Å². The number of benzene rings is 1. The van der Waals surface area contributed by atoms with Gasteiger partial charge in [0.2, 0.25) is 0 Å². The van der Waals surface area contributed by atoms with Crippen LogP contribution in [0.3, 0.4) is 0 Å². The minimum atomic E-state index is -0.393. The lowest BCUT2D eigenvalue weighted by Crippen LogP contribution is -2.23. The summed E-state index contributed by atoms with van der Waals surface area (Å²) in [4.78, 5) is 30.8. The lowest BCUT2D eigenvalue weighted by molar-refractivity contribution is -0.121. The fourth-order valence-electron chi connectivity index (χ4n) is 2.72. The van der Waals surface area contributed by atoms with Gasteiger partial charge in [0, 0.05) is 25.5 Å². The van der Waals surface area contributed by atoms with E-state index in [0.717, 1.165) is 17.0 Å². The molecule has 1 saturated heterocycles. The number of carbonyl (C=O) groups excluding carboxylic acids is 2. The molecule has 6 nitrogen and oxygen atoms in total. The summed E-state index contributed by atoms with van der Waals surface area (Å²) in [5.41, 5.74) is 4.41. The highest BCUT2D eigenvalue weighted by atomic mass is 32.2. The number of likely N-dealkylation sites (N-methyl/N-ethyl adjacent to an activating group) is 1. The zero-order valence-electron chi connectivity index (χ0n) is 15.9. The molecule has 2 heterocycles. The standard InChI is InChI=1S/C20H21N3O3S/c1-12-10-15(13(2)22(12)3)11-17-18(24)23(4)20(27-17)21-16-8-6-14(7-9-16)19(25)26-5/h6-11H,1-5H3. The molecule has 1 aliphatic rings. The molecule has 0 bridgehead atoms. The zero-order chi connectivity index (χ0) is 19.7. The van der Waals surface area contributed by atoms with Gasteiger partial charge in [-0.2, -0.15) is 0 Å². The Bertz CT molecular complexity index is 971. The Morgan fingerprint density at radius 2 is 1.85 bits per heavy atom. The number of esters is 1. The molecule has 1 aromatic heterocycles. The summed E-state index contributed by atoms with van der Waals surface area (Å²) in [6.07, 6.45) is 1.91. The largest absolute Gasteiger partial charge is 0.465 e. The summed E-state index contributed by atoms with van der Waals surface area (Å²) < 4.78 is 6.79. The monoisotopic (exact) mass is 383 g/mol. The van der Waals surface area contributed by atoms with Gasteiger partial charge in [-0.25, -0.2) is 9.79 Å². The molecule has 140 valence electrons. The third-order valence-electron chi connectivity index (χ3n) is 4.62. The van der Waals surface area contributed by atoms with E-state index in [-0.39, 0.29) is 5.91 Å². The van der Waals surface area contributed by atoms with Gasteiger partial charge in [0.1, 0.15) is 0 Å². The third-order valence-corrected chi connectivity index (χ3v) is 5.68. The van der Waals surface area contributed by atoms with Crippen LogP contribution in [0.15, 0.2) is 40.2 Å². The number of hydrogen-bond acceptors (Lipinski definition) is 5. The highest BCUT2D eigenvalue weighted by Gasteiger charge is 2.30. The lowest BCUT2D eigenvalue weighted by Gasteiger charge is -2.07. The SMILES string of the molecule is COC(=O)c1ccc(N=C2SC(=Cc3cc(C)n(C)c3C)C(=O)N2C)cc1. The molecule has 1 aliphatic heterocycles. The number of amidine groups is 1. The van der Waals surface area contributed by atoms with Crippen molar-refractivity contribution in [1.82, 2.24) is 9.47 Å². The molecule has 2 aromatic rings. The summed E-state index contributed by atoms with van der Waals surface area (Å²) >= 11 is 1.34. The van der Waals surface area contributed by atoms with Gasteiger partial charge in [0.15, 0.2) is 5.17 Å². The maximum absolute atomic E-state index is 12.6. The summed E-state index contributed by atoms with van der Waals surface area (Å²) in [5.74, 6) is -0.471. The van der Waals surface area contributed by atoms with Gasteiger partial charge in [0.25, 0.3) is 5.91 Å². The second-order valence-electron chi connectivity index (χ2n) is 6.29. The molecule has 0 aliphatic carbocycles. The van der Waals surface area contributed by atoms with Crippen LogP contribution < -0.4 is 0 Å². The fraction of sp³-hybridized carbons (Fsp3) is 0.250. The summed E-state index contributed by atoms with van der Waals surface area (Å²) in [7, 11) is 5.06. The van der Waals surface area contributed by atoms with Crippen molar-refractivity contribution in [2.45, 2.75) is 13.8 Å². The van der Waals surface area contributed by atoms with Crippen molar-refractivity contribution in [3.8, 4) is 0 Å². The highest BCUT2D eigenvalue weighted by Crippen LogP contribution is 2.34. The molecule has 0 saturated carbocycles. The smallest absolute Gasteiger partial charge is 0.337 e. The number of rotatable bonds is 3. The number of aliphatic imine (C=N–C) groups is 1. The number of nitrogens with zero attached hydrogens (tertiary/aromatic N) is 3. The number of methoxy groups -OCH3 is 1. The van der Waals surface area contributed by atoms with E-state index < -0.39 is 5.97 Å². The van der Waals surface area contributed by atoms with Crippen LogP contribution in [0.4, 0.5) is 5.69 Å². The first-order valence-electron chi connectivity index (χ1n) is 8.39. The molecule has 27 heavy (non-hydrogen) atoms. The highest BCUT2D eigenvalue weighted by molar-refractivity contribution is 8.18. The van der Waals surface area contributed by atoms with Crippen LogP contribution in [-0.4, -0.2) is 40.7 Å². The Kier molecular flexibility index (Phi) is 5.23. The topological polar surface area (TPSA) is 63.9 Å². The predicted molar refractivity (Wildman–Crippen MR) is 108 cm³/mol. The van der Waals surface area contributed by atoms with Crippen molar-refractivity contribution in [2.24, 2.45) is 12.0 Å². The molecule has 1 amide bonds. The second kappa shape index (κ2) is 7.44. The van der Waals surface area contributed by atoms with Crippen molar-refractivity contribution in [2.75, 3.05) is 14.2 Å². The van der Waals surface area contributed by atoms with Crippen molar-refractivity contribution >= 4 is 40.6 Å². The van der Waals surface area contributed by atoms with Gasteiger partial charge < -0.3 is 9.30 Å². The molecular formula is C20H21N3O3S. The number of amides is 1. The van der Waals surface area contributed by atoms with Crippen molar-refractivity contribution in [3.05, 3.63) is 57.8 Å². The quantitative estimate of drug-likeness (QED) is 0.599. The second-order valence-corrected chi connectivity index (χ2v) is 7.30. The van der Waals surface area contributed by atoms with Crippen LogP contribution in [0.1, 0.15) is 27.3 Å². The summed E-state index contributed by atoms with van der Waals surface area (Å²) in [6.45, 7) is 4.07. The molecule has 0 spiro atoms. The first-order chi connectivity index (χ1) is 12.8. The Morgan fingerprint density at radius 1 is 1.19 bits per heavy atom. The Labute approximate surface area is 162 Å². The summed E-state index contributed by atoms with van der Waals surface area (Å²) in [6, 6.07) is 8.82. The van der Waals surface area contributed by atoms with E-state index in [1.165, 1.54) is 23.8 Å². The Morgan fingerprint density at radius 3 is 2.41 bits per heavy atom. The van der Waals surface area contributed by atoms with Gasteiger partial charge >= 0.3 is 5.97 Å². The van der Waals surface area contributed by atoms with E-state index in [4.69, 9.17) is 4.74 Å². The van der Waals surface area contributed by atoms with Crippen LogP contribution in [0.2, 0.25) is 0 Å². The average Bonchev–Trinajstić information content (AvgIpc) is 3.07. The number of carbonyl (C=O) groups is 2. The van der Waals surface area contributed by atoms with Gasteiger partial charge in [0.05, 0.1) is 23.3 Å². The molecule has 1 aromatic carbocycles. The fourth-order valence-corrected chi connectivity index (χ4v) is 3.70. The third kappa shape index (κ3) is 3.68. The predicted octanol–water partition coefficient (Wildman–Crippen LogP) is 3.66. The Hall–Kier alpha value is -2.80. The number of aryl methyl sites for hydroxylation is 1. The number of aromatic nitrogens is 1. The van der Waals surface area contributed by atoms with Crippen LogP contribution in [0, 0.1) is 13.8 Å². The Balaban J connectivity index is 1.87. The minimum Gasteiger partial charge on any atom is -0.465 e. The number of hydrogen-bond donors (Lipinski definition) is 0. The van der Waals surface area contributed by atoms with Crippen molar-refractivity contribution < 1.29 is 14.3 Å². The van der Waals surface area contributed by atoms with E-state index in [9.17, 15) is 9.59 Å². The molecule has 0 unspecified atom stereocenters. The van der Waals surface area contributed by atoms with E-state index in [2.05, 4.69) is 15.6 Å². The molecule has 0 N–H and O–H groups in total. The molecular weight excluding hydrogens is 362 g/mol. The molecule has 0 radical (unpaired) electrons. The maximum atomic E-state index is 12.6. The van der Waals surface area contributed by atoms with Gasteiger partial charge in [-0.1, -0.05) is 0 Å². The van der Waals surface area contributed by atoms with Crippen molar-refractivity contribution in [3.63, 3.8) is 0 Å². The molecule has 3 rings (SSSR count). The van der Waals surface area contributed by atoms with Crippen LogP contribution in [-0.2, 0) is 16.6 Å². The van der Waals surface area contributed by atoms with E-state index in [1.54, 1.807) is 31.3 Å². The number of thioether (sulfide) groups is 1. The molecule has 0 atom stereocenters. The summed E-state index contributed by atoms with van der Waals surface area (Å²) in [5, 5.41) is 0.599. The molecule has 7 heteroatoms. The zero-order valence-corrected chi connectivity index (χ0v) is 16.8. The average molecular weight is 383 g/mol. The van der Waals surface area contributed by atoms with E-state index in [1.807, 2.05) is 27.0 Å². The van der Waals surface area contributed by atoms with Crippen LogP contribution in [0.5, 0.6) is 0 Å². The van der Waals surface area contributed by atoms with Gasteiger partial charge in [-0.15, -0.1) is 0 Å². The van der Waals surface area contributed by atoms with E-state index in [0.29, 0.717) is 21.3 Å². The van der Waals surface area contributed by atoms with Crippen molar-refractivity contribution in [1.29, 1.82) is 0 Å². The van der Waals surface area contributed by atoms with Crippen LogP contribution in [0.25, 0.3) is 6.08 Å². The lowest BCUT2D eigenvalue weighted by atomic mass is 10.2. The van der Waals surface area contributed by atoms with Gasteiger partial charge in [-0.05, 0) is 67.6 Å². The van der Waals surface area contributed by atoms with E-state index >= 15 is 0 Å². The molecule has 1 fully saturated rings.